The van der Waals surface area contributed by atoms with Crippen molar-refractivity contribution in [1.29, 1.82) is 0 Å². The van der Waals surface area contributed by atoms with Crippen LogP contribution in [0.3, 0.4) is 0 Å². The molecular formula is C17H24N2O5S. The maximum absolute atomic E-state index is 12.7. The summed E-state index contributed by atoms with van der Waals surface area (Å²) in [6.07, 6.45) is -0.487. The molecule has 1 aliphatic rings. The molecule has 1 saturated heterocycles. The lowest BCUT2D eigenvalue weighted by Gasteiger charge is -2.27. The van der Waals surface area contributed by atoms with Crippen molar-refractivity contribution in [2.24, 2.45) is 0 Å². The molecule has 7 nitrogen and oxygen atoms in total. The number of thioether (sulfide) groups is 1. The smallest absolute Gasteiger partial charge is 0.411 e. The maximum atomic E-state index is 12.7. The number of amides is 2. The summed E-state index contributed by atoms with van der Waals surface area (Å²) in [5.74, 6) is 1.78. The van der Waals surface area contributed by atoms with Crippen LogP contribution < -0.4 is 14.8 Å². The molecule has 1 atom stereocenters. The highest BCUT2D eigenvalue weighted by atomic mass is 32.2. The fraction of sp³-hybridized carbons (Fsp3) is 0.529. The Labute approximate surface area is 152 Å². The molecule has 0 spiro atoms. The molecule has 1 aliphatic heterocycles. The molecule has 1 aromatic carbocycles. The third-order valence-electron chi connectivity index (χ3n) is 3.48. The fourth-order valence-electron chi connectivity index (χ4n) is 2.28. The number of methoxy groups -OCH3 is 2. The summed E-state index contributed by atoms with van der Waals surface area (Å²) in [5, 5.41) is 2.82. The number of benzene rings is 1. The van der Waals surface area contributed by atoms with Crippen molar-refractivity contribution in [3.8, 4) is 11.5 Å². The van der Waals surface area contributed by atoms with Crippen LogP contribution in [0.2, 0.25) is 0 Å². The van der Waals surface area contributed by atoms with Crippen molar-refractivity contribution >= 4 is 29.4 Å². The van der Waals surface area contributed by atoms with Gasteiger partial charge in [-0.05, 0) is 32.9 Å². The summed E-state index contributed by atoms with van der Waals surface area (Å²) in [6, 6.07) is 4.53. The van der Waals surface area contributed by atoms with E-state index in [4.69, 9.17) is 14.2 Å². The quantitative estimate of drug-likeness (QED) is 0.880. The fourth-order valence-corrected chi connectivity index (χ4v) is 3.42. The second-order valence-electron chi connectivity index (χ2n) is 6.52. The van der Waals surface area contributed by atoms with Crippen LogP contribution in [-0.2, 0) is 9.53 Å². The Morgan fingerprint density at radius 2 is 1.96 bits per heavy atom. The molecule has 1 aromatic rings. The molecule has 0 radical (unpaired) electrons. The normalized spacial score (nSPS) is 17.2. The molecule has 2 amide bonds. The number of hydrogen-bond acceptors (Lipinski definition) is 6. The number of carbonyl (C=O) groups excluding carboxylic acids is 2. The molecule has 8 heteroatoms. The van der Waals surface area contributed by atoms with Crippen LogP contribution >= 0.6 is 11.8 Å². The van der Waals surface area contributed by atoms with Gasteiger partial charge in [-0.1, -0.05) is 0 Å². The van der Waals surface area contributed by atoms with Gasteiger partial charge in [-0.15, -0.1) is 11.8 Å². The third-order valence-corrected chi connectivity index (χ3v) is 4.49. The van der Waals surface area contributed by atoms with E-state index in [-0.39, 0.29) is 5.91 Å². The van der Waals surface area contributed by atoms with Gasteiger partial charge >= 0.3 is 6.09 Å². The first kappa shape index (κ1) is 19.2. The number of nitrogens with zero attached hydrogens (tertiary/aromatic N) is 1. The summed E-state index contributed by atoms with van der Waals surface area (Å²) in [5.41, 5.74) is -0.0840. The number of carbonyl (C=O) groups is 2. The van der Waals surface area contributed by atoms with Gasteiger partial charge in [0.25, 0.3) is 0 Å². The predicted molar refractivity (Wildman–Crippen MR) is 97.4 cm³/mol. The second-order valence-corrected chi connectivity index (χ2v) is 7.52. The number of anilines is 1. The zero-order valence-electron chi connectivity index (χ0n) is 15.1. The minimum absolute atomic E-state index is 0.278. The monoisotopic (exact) mass is 368 g/mol. The Morgan fingerprint density at radius 1 is 1.24 bits per heavy atom. The highest BCUT2D eigenvalue weighted by molar-refractivity contribution is 7.99. The van der Waals surface area contributed by atoms with Gasteiger partial charge in [0.15, 0.2) is 0 Å². The van der Waals surface area contributed by atoms with Crippen LogP contribution in [-0.4, -0.2) is 54.4 Å². The first-order valence-electron chi connectivity index (χ1n) is 7.85. The number of nitrogens with one attached hydrogen (secondary N) is 1. The predicted octanol–water partition coefficient (Wildman–Crippen LogP) is 2.95. The average molecular weight is 368 g/mol. The molecule has 138 valence electrons. The van der Waals surface area contributed by atoms with Crippen molar-refractivity contribution in [3.63, 3.8) is 0 Å². The van der Waals surface area contributed by atoms with Crippen molar-refractivity contribution in [2.45, 2.75) is 32.4 Å². The van der Waals surface area contributed by atoms with E-state index >= 15 is 0 Å². The Morgan fingerprint density at radius 3 is 2.56 bits per heavy atom. The van der Waals surface area contributed by atoms with Crippen LogP contribution in [0.1, 0.15) is 20.8 Å². The number of rotatable bonds is 4. The van der Waals surface area contributed by atoms with Crippen molar-refractivity contribution in [3.05, 3.63) is 18.2 Å². The van der Waals surface area contributed by atoms with Crippen molar-refractivity contribution in [2.75, 3.05) is 31.2 Å². The Balaban J connectivity index is 2.10. The van der Waals surface area contributed by atoms with E-state index in [1.54, 1.807) is 46.1 Å². The first-order chi connectivity index (χ1) is 11.7. The van der Waals surface area contributed by atoms with Crippen LogP contribution in [0.15, 0.2) is 18.2 Å². The summed E-state index contributed by atoms with van der Waals surface area (Å²) in [6.45, 7) is 5.39. The Bertz CT molecular complexity index is 644. The summed E-state index contributed by atoms with van der Waals surface area (Å²) < 4.78 is 15.8. The van der Waals surface area contributed by atoms with Gasteiger partial charge in [0.2, 0.25) is 5.91 Å². The Hall–Kier alpha value is -2.09. The lowest BCUT2D eigenvalue weighted by Crippen LogP contribution is -2.46. The standard InChI is InChI=1S/C17H24N2O5S/c1-17(2,3)24-16(21)19-10-25-9-13(19)15(20)18-12-7-6-11(22-4)8-14(12)23-5/h6-8,13H,9-10H2,1-5H3,(H,18,20)/t13-/m0/s1. The number of ether oxygens (including phenoxy) is 3. The average Bonchev–Trinajstić information content (AvgIpc) is 3.03. The summed E-state index contributed by atoms with van der Waals surface area (Å²) in [7, 11) is 3.07. The van der Waals surface area contributed by atoms with E-state index in [0.717, 1.165) is 0 Å². The van der Waals surface area contributed by atoms with Gasteiger partial charge < -0.3 is 19.5 Å². The van der Waals surface area contributed by atoms with Gasteiger partial charge in [-0.3, -0.25) is 9.69 Å². The molecule has 0 saturated carbocycles. The van der Waals surface area contributed by atoms with E-state index in [9.17, 15) is 9.59 Å². The highest BCUT2D eigenvalue weighted by Gasteiger charge is 2.37. The first-order valence-corrected chi connectivity index (χ1v) is 9.01. The molecule has 1 heterocycles. The van der Waals surface area contributed by atoms with E-state index in [0.29, 0.717) is 28.8 Å². The van der Waals surface area contributed by atoms with Gasteiger partial charge in [0.1, 0.15) is 23.1 Å². The highest BCUT2D eigenvalue weighted by Crippen LogP contribution is 2.30. The van der Waals surface area contributed by atoms with E-state index < -0.39 is 17.7 Å². The van der Waals surface area contributed by atoms with Gasteiger partial charge in [-0.2, -0.15) is 0 Å². The lowest BCUT2D eigenvalue weighted by molar-refractivity contribution is -0.120. The SMILES string of the molecule is COc1ccc(NC(=O)[C@@H]2CSCN2C(=O)OC(C)(C)C)c(OC)c1. The minimum atomic E-state index is -0.607. The molecule has 2 rings (SSSR count). The molecule has 0 unspecified atom stereocenters. The Kier molecular flexibility index (Phi) is 6.05. The number of hydrogen-bond donors (Lipinski definition) is 1. The topological polar surface area (TPSA) is 77.1 Å². The molecule has 1 N–H and O–H groups in total. The van der Waals surface area contributed by atoms with E-state index in [1.165, 1.54) is 23.8 Å². The largest absolute Gasteiger partial charge is 0.497 e. The van der Waals surface area contributed by atoms with Crippen LogP contribution in [0.4, 0.5) is 10.5 Å². The minimum Gasteiger partial charge on any atom is -0.497 e. The van der Waals surface area contributed by atoms with Gasteiger partial charge in [0.05, 0.1) is 25.8 Å². The molecule has 1 fully saturated rings. The second kappa shape index (κ2) is 7.86. The zero-order chi connectivity index (χ0) is 18.6. The molecule has 25 heavy (non-hydrogen) atoms. The maximum Gasteiger partial charge on any atom is 0.411 e. The van der Waals surface area contributed by atoms with Crippen LogP contribution in [0.25, 0.3) is 0 Å². The van der Waals surface area contributed by atoms with Crippen LogP contribution in [0.5, 0.6) is 11.5 Å². The molecule has 0 bridgehead atoms. The zero-order valence-corrected chi connectivity index (χ0v) is 15.9. The van der Waals surface area contributed by atoms with Gasteiger partial charge in [0, 0.05) is 11.8 Å². The van der Waals surface area contributed by atoms with E-state index in [1.807, 2.05) is 0 Å². The lowest BCUT2D eigenvalue weighted by atomic mass is 10.2. The van der Waals surface area contributed by atoms with Crippen molar-refractivity contribution in [1.82, 2.24) is 4.90 Å². The third kappa shape index (κ3) is 4.94. The molecular weight excluding hydrogens is 344 g/mol. The molecule has 0 aliphatic carbocycles. The van der Waals surface area contributed by atoms with E-state index in [2.05, 4.69) is 5.32 Å². The molecule has 0 aromatic heterocycles. The summed E-state index contributed by atoms with van der Waals surface area (Å²) >= 11 is 1.51. The van der Waals surface area contributed by atoms with Crippen molar-refractivity contribution < 1.29 is 23.8 Å². The van der Waals surface area contributed by atoms with Gasteiger partial charge in [-0.25, -0.2) is 4.79 Å². The summed E-state index contributed by atoms with van der Waals surface area (Å²) in [4.78, 5) is 26.4. The van der Waals surface area contributed by atoms with Crippen LogP contribution in [0, 0.1) is 0 Å².